The van der Waals surface area contributed by atoms with Crippen molar-refractivity contribution >= 4 is 0 Å². The van der Waals surface area contributed by atoms with Crippen LogP contribution in [0.5, 0.6) is 34.5 Å². The van der Waals surface area contributed by atoms with Crippen molar-refractivity contribution in [1.82, 2.24) is 4.90 Å². The first-order valence-corrected chi connectivity index (χ1v) is 17.6. The van der Waals surface area contributed by atoms with E-state index in [9.17, 15) is 61.3 Å². The molecule has 322 valence electrons. The van der Waals surface area contributed by atoms with E-state index in [2.05, 4.69) is 0 Å². The maximum Gasteiger partial charge on any atom is 0.200 e. The van der Waals surface area contributed by atoms with E-state index in [4.69, 9.17) is 38.6 Å². The minimum atomic E-state index is -1.22. The predicted molar refractivity (Wildman–Crippen MR) is 191 cm³/mol. The van der Waals surface area contributed by atoms with E-state index >= 15 is 0 Å². The van der Waals surface area contributed by atoms with Gasteiger partial charge in [0.15, 0.2) is 34.5 Å². The summed E-state index contributed by atoms with van der Waals surface area (Å²) in [6, 6.07) is 3.96. The summed E-state index contributed by atoms with van der Waals surface area (Å²) in [5.74, 6) is -4.02. The second-order valence-corrected chi connectivity index (χ2v) is 12.9. The average Bonchev–Trinajstić information content (AvgIpc) is 3.17. The molecule has 2 aromatic carbocycles. The molecule has 0 fully saturated rings. The van der Waals surface area contributed by atoms with E-state index in [1.165, 1.54) is 24.3 Å². The van der Waals surface area contributed by atoms with Crippen LogP contribution in [-0.4, -0.2) is 212 Å². The first-order valence-electron chi connectivity index (χ1n) is 17.6. The Kier molecular flexibility index (Phi) is 23.1. The van der Waals surface area contributed by atoms with Crippen molar-refractivity contribution in [3.63, 3.8) is 0 Å². The molecular weight excluding hydrogens is 754 g/mol. The Morgan fingerprint density at radius 1 is 0.411 bits per heavy atom. The van der Waals surface area contributed by atoms with Gasteiger partial charge in [-0.2, -0.15) is 0 Å². The zero-order chi connectivity index (χ0) is 41.6. The number of hydrogen-bond donors (Lipinski definition) is 14. The van der Waals surface area contributed by atoms with Gasteiger partial charge < -0.3 is 99.9 Å². The highest BCUT2D eigenvalue weighted by atomic mass is 16.6. The Morgan fingerprint density at radius 3 is 1.00 bits per heavy atom. The highest BCUT2D eigenvalue weighted by Gasteiger charge is 2.25. The first kappa shape index (κ1) is 48.8. The Labute approximate surface area is 322 Å². The third-order valence-electron chi connectivity index (χ3n) is 7.89. The molecule has 0 aromatic heterocycles. The Morgan fingerprint density at radius 2 is 0.696 bits per heavy atom. The van der Waals surface area contributed by atoms with Crippen molar-refractivity contribution in [2.75, 3.05) is 92.5 Å². The number of benzene rings is 2. The van der Waals surface area contributed by atoms with Crippen molar-refractivity contribution in [3.8, 4) is 34.5 Å². The number of rotatable bonds is 31. The van der Waals surface area contributed by atoms with Gasteiger partial charge in [-0.25, -0.2) is 0 Å². The van der Waals surface area contributed by atoms with Gasteiger partial charge in [0.1, 0.15) is 36.6 Å². The molecule has 6 unspecified atom stereocenters. The molecule has 6 atom stereocenters. The number of phenolic OH excluding ortho intramolecular Hbond substituents is 6. The first-order chi connectivity index (χ1) is 26.7. The lowest BCUT2D eigenvalue weighted by molar-refractivity contribution is -0.113. The zero-order valence-corrected chi connectivity index (χ0v) is 30.8. The normalized spacial score (nSPS) is 15.7. The molecule has 0 amide bonds. The van der Waals surface area contributed by atoms with E-state index in [1.807, 2.05) is 0 Å². The number of nitrogens with zero attached hydrogens (tertiary/aromatic N) is 1. The Balaban J connectivity index is 2.42. The molecular formula is C35H57NO20. The lowest BCUT2D eigenvalue weighted by Gasteiger charge is -2.33. The quantitative estimate of drug-likeness (QED) is 0.0329. The van der Waals surface area contributed by atoms with Crippen molar-refractivity contribution in [2.24, 2.45) is 0 Å². The van der Waals surface area contributed by atoms with Crippen molar-refractivity contribution in [3.05, 3.63) is 35.4 Å². The third kappa shape index (κ3) is 18.3. The molecule has 0 aliphatic heterocycles. The Hall–Kier alpha value is -3.36. The van der Waals surface area contributed by atoms with Gasteiger partial charge in [-0.3, -0.25) is 4.90 Å². The van der Waals surface area contributed by atoms with Crippen LogP contribution in [0.2, 0.25) is 0 Å². The molecule has 21 heteroatoms. The lowest BCUT2D eigenvalue weighted by atomic mass is 10.1. The number of aliphatic hydroxyl groups excluding tert-OH is 8. The molecule has 2 aromatic rings. The van der Waals surface area contributed by atoms with Crippen LogP contribution in [0.15, 0.2) is 24.3 Å². The van der Waals surface area contributed by atoms with E-state index in [1.54, 1.807) is 4.90 Å². The average molecular weight is 812 g/mol. The van der Waals surface area contributed by atoms with Gasteiger partial charge in [-0.1, -0.05) is 0 Å². The van der Waals surface area contributed by atoms with Gasteiger partial charge in [0, 0.05) is 13.1 Å². The molecule has 0 aliphatic carbocycles. The maximum atomic E-state index is 10.2. The third-order valence-corrected chi connectivity index (χ3v) is 7.89. The summed E-state index contributed by atoms with van der Waals surface area (Å²) in [6.07, 6.45) is -6.52. The maximum absolute atomic E-state index is 10.2. The van der Waals surface area contributed by atoms with E-state index in [0.29, 0.717) is 0 Å². The van der Waals surface area contributed by atoms with Crippen LogP contribution in [0.3, 0.4) is 0 Å². The van der Waals surface area contributed by atoms with E-state index < -0.39 is 104 Å². The molecule has 0 spiro atoms. The fraction of sp³-hybridized carbons (Fsp3) is 0.657. The van der Waals surface area contributed by atoms with E-state index in [-0.39, 0.29) is 90.3 Å². The van der Waals surface area contributed by atoms with Crippen LogP contribution < -0.4 is 0 Å². The summed E-state index contributed by atoms with van der Waals surface area (Å²) in [5, 5.41) is 137. The summed E-state index contributed by atoms with van der Waals surface area (Å²) >= 11 is 0. The van der Waals surface area contributed by atoms with Gasteiger partial charge in [0.05, 0.1) is 98.5 Å². The van der Waals surface area contributed by atoms with Gasteiger partial charge >= 0.3 is 0 Å². The fourth-order valence-electron chi connectivity index (χ4n) is 4.88. The molecule has 0 saturated heterocycles. The highest BCUT2D eigenvalue weighted by Crippen LogP contribution is 2.37. The standard InChI is InChI=1S/C35H57NO20/c37-7-24(41)13-53-19-28(55-15-26(43)9-39)17-51-11-23(12-52-18-29(56-16-27(44)10-40)20-54-14-25(42)8-38)36(5-21-1-30(45)34(49)31(46)2-21)6-22-3-32(47)35(50)33(48)4-22/h1-4,23-29,37-50H,5-20H2. The molecule has 0 saturated carbocycles. The largest absolute Gasteiger partial charge is 0.504 e. The summed E-state index contributed by atoms with van der Waals surface area (Å²) in [7, 11) is 0. The second-order valence-electron chi connectivity index (χ2n) is 12.9. The molecule has 56 heavy (non-hydrogen) atoms. The van der Waals surface area contributed by atoms with Crippen molar-refractivity contribution < 1.29 is 99.9 Å². The molecule has 21 nitrogen and oxygen atoms in total. The fourth-order valence-corrected chi connectivity index (χ4v) is 4.88. The molecule has 0 heterocycles. The zero-order valence-electron chi connectivity index (χ0n) is 30.8. The topological polar surface area (TPSA) is 342 Å². The predicted octanol–water partition coefficient (Wildman–Crippen LogP) is -3.46. The highest BCUT2D eigenvalue weighted by molar-refractivity contribution is 5.52. The second kappa shape index (κ2) is 26.5. The van der Waals surface area contributed by atoms with Gasteiger partial charge in [0.25, 0.3) is 0 Å². The van der Waals surface area contributed by atoms with E-state index in [0.717, 1.165) is 0 Å². The monoisotopic (exact) mass is 811 g/mol. The number of hydrogen-bond acceptors (Lipinski definition) is 21. The smallest absolute Gasteiger partial charge is 0.200 e. The van der Waals surface area contributed by atoms with Crippen molar-refractivity contribution in [2.45, 2.75) is 55.8 Å². The van der Waals surface area contributed by atoms with Crippen LogP contribution in [0.4, 0.5) is 0 Å². The molecule has 2 rings (SSSR count). The molecule has 14 N–H and O–H groups in total. The Bertz CT molecular complexity index is 1230. The molecule has 0 aliphatic rings. The van der Waals surface area contributed by atoms with Crippen LogP contribution in [0, 0.1) is 0 Å². The summed E-state index contributed by atoms with van der Waals surface area (Å²) in [5.41, 5.74) is 0.556. The number of phenols is 6. The van der Waals surface area contributed by atoms with Crippen LogP contribution in [0.1, 0.15) is 11.1 Å². The minimum absolute atomic E-state index is 0.100. The van der Waals surface area contributed by atoms with Crippen LogP contribution in [0.25, 0.3) is 0 Å². The van der Waals surface area contributed by atoms with Crippen LogP contribution >= 0.6 is 0 Å². The number of aromatic hydroxyl groups is 6. The lowest BCUT2D eigenvalue weighted by Crippen LogP contribution is -2.43. The number of ether oxygens (including phenoxy) is 6. The molecule has 0 bridgehead atoms. The summed E-state index contributed by atoms with van der Waals surface area (Å²) in [4.78, 5) is 1.68. The van der Waals surface area contributed by atoms with Crippen molar-refractivity contribution in [1.29, 1.82) is 0 Å². The summed E-state index contributed by atoms with van der Waals surface area (Å²) < 4.78 is 34.2. The number of aliphatic hydroxyl groups is 8. The van der Waals surface area contributed by atoms with Crippen LogP contribution in [-0.2, 0) is 41.5 Å². The van der Waals surface area contributed by atoms with Gasteiger partial charge in [-0.05, 0) is 35.4 Å². The summed E-state index contributed by atoms with van der Waals surface area (Å²) in [6.45, 7) is -4.66. The minimum Gasteiger partial charge on any atom is -0.504 e. The van der Waals surface area contributed by atoms with Gasteiger partial charge in [0.2, 0.25) is 0 Å². The SMILES string of the molecule is OCC(O)COCC(COCC(COCC(COCC(O)CO)OCC(O)CO)N(Cc1cc(O)c(O)c(O)c1)Cc1cc(O)c(O)c(O)c1)OCC(O)CO. The molecule has 0 radical (unpaired) electrons. The van der Waals surface area contributed by atoms with Gasteiger partial charge in [-0.15, -0.1) is 0 Å².